The number of ether oxygens (including phenoxy) is 1. The van der Waals surface area contributed by atoms with E-state index in [0.29, 0.717) is 22.6 Å². The van der Waals surface area contributed by atoms with Crippen molar-refractivity contribution in [3.8, 4) is 5.75 Å². The van der Waals surface area contributed by atoms with Crippen LogP contribution in [0.3, 0.4) is 0 Å². The average molecular weight is 493 g/mol. The predicted molar refractivity (Wildman–Crippen MR) is 140 cm³/mol. The van der Waals surface area contributed by atoms with Gasteiger partial charge in [0.05, 0.1) is 13.2 Å². The highest BCUT2D eigenvalue weighted by atomic mass is 16.5. The van der Waals surface area contributed by atoms with Crippen LogP contribution in [0, 0.1) is 5.41 Å². The Bertz CT molecular complexity index is 1150. The third-order valence-electron chi connectivity index (χ3n) is 5.08. The van der Waals surface area contributed by atoms with Crippen molar-refractivity contribution in [2.45, 2.75) is 26.3 Å². The van der Waals surface area contributed by atoms with Crippen LogP contribution in [0.1, 0.15) is 43.0 Å². The lowest BCUT2D eigenvalue weighted by atomic mass is 9.96. The Hall–Kier alpha value is -4.66. The molecule has 190 valence electrons. The normalized spacial score (nSPS) is 11.3. The summed E-state index contributed by atoms with van der Waals surface area (Å²) in [5.74, 6) is -1.34. The van der Waals surface area contributed by atoms with Crippen molar-refractivity contribution in [3.05, 3.63) is 95.6 Å². The molecule has 3 aromatic rings. The second kappa shape index (κ2) is 14.6. The van der Waals surface area contributed by atoms with Gasteiger partial charge in [0.2, 0.25) is 11.8 Å². The number of carbonyl (C=O) groups is 3. The van der Waals surface area contributed by atoms with Crippen molar-refractivity contribution in [1.29, 1.82) is 5.41 Å². The molecule has 36 heavy (non-hydrogen) atoms. The van der Waals surface area contributed by atoms with Crippen LogP contribution in [0.5, 0.6) is 5.75 Å². The number of carboxylic acid groups (broad SMARTS) is 1. The monoisotopic (exact) mass is 492 g/mol. The van der Waals surface area contributed by atoms with Crippen molar-refractivity contribution in [2.24, 2.45) is 5.73 Å². The second-order valence-corrected chi connectivity index (χ2v) is 7.40. The Balaban J connectivity index is 0.00000154. The first-order valence-corrected chi connectivity index (χ1v) is 10.6. The van der Waals surface area contributed by atoms with E-state index in [-0.39, 0.29) is 25.8 Å². The van der Waals surface area contributed by atoms with Gasteiger partial charge in [-0.2, -0.15) is 0 Å². The van der Waals surface area contributed by atoms with Gasteiger partial charge in [-0.3, -0.25) is 19.8 Å². The number of hydrogen-bond acceptors (Lipinski definition) is 5. The molecule has 1 unspecified atom stereocenters. The molecular formula is C27H32N4O5. The van der Waals surface area contributed by atoms with Crippen LogP contribution in [-0.2, 0) is 14.4 Å². The maximum atomic E-state index is 13.2. The molecule has 0 saturated carbocycles. The minimum absolute atomic E-state index is 0. The van der Waals surface area contributed by atoms with E-state index in [1.807, 2.05) is 37.3 Å². The highest BCUT2D eigenvalue weighted by molar-refractivity contribution is 6.11. The number of carbonyl (C=O) groups excluding carboxylic acids is 2. The molecule has 2 atom stereocenters. The summed E-state index contributed by atoms with van der Waals surface area (Å²) < 4.78 is 5.39. The van der Waals surface area contributed by atoms with Crippen LogP contribution in [0.2, 0.25) is 0 Å². The Morgan fingerprint density at radius 2 is 1.53 bits per heavy atom. The number of methoxy groups -OCH3 is 1. The number of nitrogens with two attached hydrogens (primary N) is 1. The summed E-state index contributed by atoms with van der Waals surface area (Å²) in [5.41, 5.74) is 7.93. The molecule has 2 amide bonds. The summed E-state index contributed by atoms with van der Waals surface area (Å²) in [6, 6.07) is 22.5. The molecule has 3 aromatic carbocycles. The first-order valence-electron chi connectivity index (χ1n) is 10.6. The molecule has 0 radical (unpaired) electrons. The van der Waals surface area contributed by atoms with Gasteiger partial charge in [0.1, 0.15) is 17.5 Å². The molecule has 0 aliphatic rings. The zero-order valence-electron chi connectivity index (χ0n) is 19.4. The van der Waals surface area contributed by atoms with Crippen LogP contribution in [-0.4, -0.2) is 36.3 Å². The van der Waals surface area contributed by atoms with Gasteiger partial charge in [-0.1, -0.05) is 56.0 Å². The quantitative estimate of drug-likeness (QED) is 0.139. The standard InChI is InChI=1S/C25H26N4O3.CH2O2.CH4/c1-16(20-10-6-7-11-21(20)32-2)28-24(30)22(17-8-4-3-5-9-17)25(31)29-19-14-12-18(13-15-19)23(26)27;2-1-3;/h3-16,22H,1-2H3,(H3,26,27)(H,28,30)(H,29,31);1H,(H,2,3);1H4/t16-,22?;;/m0../s1. The van der Waals surface area contributed by atoms with Gasteiger partial charge >= 0.3 is 0 Å². The highest BCUT2D eigenvalue weighted by Gasteiger charge is 2.30. The zero-order valence-corrected chi connectivity index (χ0v) is 19.4. The topological polar surface area (TPSA) is 155 Å². The Labute approximate surface area is 210 Å². The number of para-hydroxylation sites is 1. The largest absolute Gasteiger partial charge is 0.496 e. The minimum atomic E-state index is -1.05. The minimum Gasteiger partial charge on any atom is -0.496 e. The van der Waals surface area contributed by atoms with Crippen molar-refractivity contribution in [2.75, 3.05) is 12.4 Å². The number of nitrogen functional groups attached to an aromatic ring is 1. The van der Waals surface area contributed by atoms with Crippen molar-refractivity contribution < 1.29 is 24.2 Å². The number of amides is 2. The number of nitrogens with one attached hydrogen (secondary N) is 3. The van der Waals surface area contributed by atoms with Crippen molar-refractivity contribution in [1.82, 2.24) is 5.32 Å². The summed E-state index contributed by atoms with van der Waals surface area (Å²) in [4.78, 5) is 34.8. The number of amidine groups is 1. The summed E-state index contributed by atoms with van der Waals surface area (Å²) in [6.45, 7) is 1.59. The fourth-order valence-electron chi connectivity index (χ4n) is 3.41. The number of benzene rings is 3. The predicted octanol–water partition coefficient (Wildman–Crippen LogP) is 3.92. The molecule has 0 aliphatic heterocycles. The SMILES string of the molecule is C.COc1ccccc1[C@H](C)NC(=O)C(C(=O)Nc1ccc(C(=N)N)cc1)c1ccccc1.O=CO. The van der Waals surface area contributed by atoms with Gasteiger partial charge in [-0.15, -0.1) is 0 Å². The van der Waals surface area contributed by atoms with E-state index in [2.05, 4.69) is 10.6 Å². The van der Waals surface area contributed by atoms with Gasteiger partial charge < -0.3 is 26.2 Å². The van der Waals surface area contributed by atoms with Crippen LogP contribution in [0.4, 0.5) is 5.69 Å². The highest BCUT2D eigenvalue weighted by Crippen LogP contribution is 2.26. The molecule has 9 nitrogen and oxygen atoms in total. The lowest BCUT2D eigenvalue weighted by Gasteiger charge is -2.22. The molecule has 3 rings (SSSR count). The number of rotatable bonds is 8. The average Bonchev–Trinajstić information content (AvgIpc) is 2.85. The molecule has 0 spiro atoms. The lowest BCUT2D eigenvalue weighted by Crippen LogP contribution is -2.38. The first kappa shape index (κ1) is 29.4. The van der Waals surface area contributed by atoms with Crippen LogP contribution in [0.15, 0.2) is 78.9 Å². The van der Waals surface area contributed by atoms with Crippen LogP contribution in [0.25, 0.3) is 0 Å². The molecule has 0 aliphatic carbocycles. The van der Waals surface area contributed by atoms with Crippen molar-refractivity contribution >= 4 is 29.8 Å². The molecule has 0 fully saturated rings. The van der Waals surface area contributed by atoms with E-state index >= 15 is 0 Å². The maximum Gasteiger partial charge on any atom is 0.290 e. The summed E-state index contributed by atoms with van der Waals surface area (Å²) in [7, 11) is 1.57. The van der Waals surface area contributed by atoms with Gasteiger partial charge in [-0.25, -0.2) is 0 Å². The third kappa shape index (κ3) is 7.98. The van der Waals surface area contributed by atoms with E-state index in [0.717, 1.165) is 5.56 Å². The van der Waals surface area contributed by atoms with E-state index in [1.54, 1.807) is 55.6 Å². The Kier molecular flexibility index (Phi) is 11.9. The van der Waals surface area contributed by atoms with E-state index in [4.69, 9.17) is 25.8 Å². The van der Waals surface area contributed by atoms with Gasteiger partial charge in [0.25, 0.3) is 6.47 Å². The van der Waals surface area contributed by atoms with E-state index in [9.17, 15) is 9.59 Å². The number of anilines is 1. The van der Waals surface area contributed by atoms with Crippen LogP contribution >= 0.6 is 0 Å². The van der Waals surface area contributed by atoms with Crippen LogP contribution < -0.4 is 21.1 Å². The Morgan fingerprint density at radius 3 is 2.08 bits per heavy atom. The molecule has 9 heteroatoms. The third-order valence-corrected chi connectivity index (χ3v) is 5.08. The lowest BCUT2D eigenvalue weighted by molar-refractivity contribution is -0.129. The molecular weight excluding hydrogens is 460 g/mol. The van der Waals surface area contributed by atoms with Gasteiger partial charge in [-0.05, 0) is 42.8 Å². The number of hydrogen-bond donors (Lipinski definition) is 5. The van der Waals surface area contributed by atoms with Gasteiger partial charge in [0, 0.05) is 16.8 Å². The summed E-state index contributed by atoms with van der Waals surface area (Å²) in [5, 5.41) is 20.1. The zero-order chi connectivity index (χ0) is 25.8. The molecule has 0 heterocycles. The fourth-order valence-corrected chi connectivity index (χ4v) is 3.41. The Morgan fingerprint density at radius 1 is 0.972 bits per heavy atom. The summed E-state index contributed by atoms with van der Waals surface area (Å²) in [6.07, 6.45) is 0. The fraction of sp³-hybridized carbons (Fsp3) is 0.185. The molecule has 6 N–H and O–H groups in total. The first-order chi connectivity index (χ1) is 16.8. The van der Waals surface area contributed by atoms with E-state index in [1.165, 1.54) is 0 Å². The molecule has 0 bridgehead atoms. The maximum absolute atomic E-state index is 13.2. The smallest absolute Gasteiger partial charge is 0.290 e. The second-order valence-electron chi connectivity index (χ2n) is 7.40. The van der Waals surface area contributed by atoms with Crippen molar-refractivity contribution in [3.63, 3.8) is 0 Å². The molecule has 0 aromatic heterocycles. The molecule has 0 saturated heterocycles. The summed E-state index contributed by atoms with van der Waals surface area (Å²) >= 11 is 0. The van der Waals surface area contributed by atoms with Gasteiger partial charge in [0.15, 0.2) is 0 Å². The van der Waals surface area contributed by atoms with E-state index < -0.39 is 17.7 Å².